The zero-order valence-electron chi connectivity index (χ0n) is 12.0. The molecule has 9 heteroatoms. The number of hydrogen-bond acceptors (Lipinski definition) is 6. The SMILES string of the molecule is COc1ccc(-c2csc(NC(=O)[C@@H]3C[C@H]3[N+](=O)[O-])n2)cc1F. The number of nitro groups is 1. The fourth-order valence-corrected chi connectivity index (χ4v) is 2.91. The third-order valence-corrected chi connectivity index (χ3v) is 4.30. The van der Waals surface area contributed by atoms with Gasteiger partial charge in [-0.25, -0.2) is 9.37 Å². The van der Waals surface area contributed by atoms with Crippen molar-refractivity contribution in [3.63, 3.8) is 0 Å². The van der Waals surface area contributed by atoms with Crippen LogP contribution in [0.2, 0.25) is 0 Å². The topological polar surface area (TPSA) is 94.4 Å². The summed E-state index contributed by atoms with van der Waals surface area (Å²) in [7, 11) is 1.38. The average molecular weight is 337 g/mol. The third kappa shape index (κ3) is 3.14. The van der Waals surface area contributed by atoms with Gasteiger partial charge in [0.05, 0.1) is 12.8 Å². The summed E-state index contributed by atoms with van der Waals surface area (Å²) in [5, 5.41) is 15.1. The van der Waals surface area contributed by atoms with E-state index < -0.39 is 28.6 Å². The van der Waals surface area contributed by atoms with E-state index in [0.717, 1.165) is 0 Å². The highest BCUT2D eigenvalue weighted by Gasteiger charge is 2.53. The van der Waals surface area contributed by atoms with E-state index in [0.29, 0.717) is 16.4 Å². The molecule has 1 aromatic heterocycles. The number of nitrogens with zero attached hydrogens (tertiary/aromatic N) is 2. The molecular formula is C14H12FN3O4S. The largest absolute Gasteiger partial charge is 0.494 e. The first-order valence-electron chi connectivity index (χ1n) is 6.73. The van der Waals surface area contributed by atoms with Gasteiger partial charge in [-0.1, -0.05) is 0 Å². The number of halogens is 1. The first kappa shape index (κ1) is 15.3. The van der Waals surface area contributed by atoms with E-state index in [1.165, 1.54) is 30.6 Å². The van der Waals surface area contributed by atoms with Gasteiger partial charge < -0.3 is 10.1 Å². The van der Waals surface area contributed by atoms with Crippen molar-refractivity contribution in [3.8, 4) is 17.0 Å². The molecule has 1 aliphatic rings. The number of thiazole rings is 1. The second-order valence-corrected chi connectivity index (χ2v) is 5.93. The van der Waals surface area contributed by atoms with E-state index in [4.69, 9.17) is 4.74 Å². The molecule has 1 fully saturated rings. The van der Waals surface area contributed by atoms with Crippen LogP contribution in [-0.2, 0) is 4.79 Å². The van der Waals surface area contributed by atoms with Gasteiger partial charge in [0.25, 0.3) is 0 Å². The molecule has 1 N–H and O–H groups in total. The molecular weight excluding hydrogens is 325 g/mol. The number of rotatable bonds is 5. The molecule has 1 amide bonds. The molecule has 0 bridgehead atoms. The minimum Gasteiger partial charge on any atom is -0.494 e. The number of methoxy groups -OCH3 is 1. The number of hydrogen-bond donors (Lipinski definition) is 1. The molecule has 1 aromatic carbocycles. The van der Waals surface area contributed by atoms with Crippen LogP contribution in [-0.4, -0.2) is 29.0 Å². The van der Waals surface area contributed by atoms with Crippen molar-refractivity contribution in [1.29, 1.82) is 0 Å². The van der Waals surface area contributed by atoms with Crippen LogP contribution in [0.5, 0.6) is 5.75 Å². The number of carbonyl (C=O) groups is 1. The maximum Gasteiger partial charge on any atom is 0.236 e. The summed E-state index contributed by atoms with van der Waals surface area (Å²) in [6.07, 6.45) is 0.251. The van der Waals surface area contributed by atoms with Gasteiger partial charge in [-0.2, -0.15) is 0 Å². The van der Waals surface area contributed by atoms with Crippen molar-refractivity contribution in [2.75, 3.05) is 12.4 Å². The van der Waals surface area contributed by atoms with Crippen molar-refractivity contribution >= 4 is 22.4 Å². The number of amides is 1. The zero-order valence-corrected chi connectivity index (χ0v) is 12.8. The zero-order chi connectivity index (χ0) is 16.6. The fourth-order valence-electron chi connectivity index (χ4n) is 2.18. The highest BCUT2D eigenvalue weighted by atomic mass is 32.1. The molecule has 0 aliphatic heterocycles. The van der Waals surface area contributed by atoms with Crippen LogP contribution < -0.4 is 10.1 Å². The third-order valence-electron chi connectivity index (χ3n) is 3.55. The number of nitrogens with one attached hydrogen (secondary N) is 1. The Balaban J connectivity index is 1.70. The molecule has 23 heavy (non-hydrogen) atoms. The Hall–Kier alpha value is -2.55. The summed E-state index contributed by atoms with van der Waals surface area (Å²) in [5.41, 5.74) is 1.06. The van der Waals surface area contributed by atoms with E-state index >= 15 is 0 Å². The molecule has 0 spiro atoms. The maximum absolute atomic E-state index is 13.7. The van der Waals surface area contributed by atoms with Crippen molar-refractivity contribution in [1.82, 2.24) is 4.98 Å². The summed E-state index contributed by atoms with van der Waals surface area (Å²) in [5.74, 6) is -1.38. The van der Waals surface area contributed by atoms with Crippen LogP contribution in [0, 0.1) is 21.8 Å². The van der Waals surface area contributed by atoms with Crippen LogP contribution in [0.4, 0.5) is 9.52 Å². The Bertz CT molecular complexity index is 779. The van der Waals surface area contributed by atoms with Crippen molar-refractivity contribution in [3.05, 3.63) is 39.5 Å². The minimum atomic E-state index is -0.801. The predicted octanol–water partition coefficient (Wildman–Crippen LogP) is 2.56. The van der Waals surface area contributed by atoms with E-state index in [1.807, 2.05) is 0 Å². The molecule has 0 saturated heterocycles. The normalized spacial score (nSPS) is 19.2. The summed E-state index contributed by atoms with van der Waals surface area (Å²) in [6, 6.07) is 3.65. The number of carbonyl (C=O) groups excluding carboxylic acids is 1. The lowest BCUT2D eigenvalue weighted by atomic mass is 10.1. The lowest BCUT2D eigenvalue weighted by molar-refractivity contribution is -0.497. The van der Waals surface area contributed by atoms with Gasteiger partial charge in [-0.05, 0) is 18.2 Å². The first-order valence-corrected chi connectivity index (χ1v) is 7.61. The van der Waals surface area contributed by atoms with Gasteiger partial charge in [0.15, 0.2) is 16.7 Å². The summed E-state index contributed by atoms with van der Waals surface area (Å²) < 4.78 is 18.6. The molecule has 1 aliphatic carbocycles. The Labute approximate surface area is 134 Å². The summed E-state index contributed by atoms with van der Waals surface area (Å²) in [6.45, 7) is 0. The molecule has 120 valence electrons. The van der Waals surface area contributed by atoms with E-state index in [1.54, 1.807) is 11.4 Å². The van der Waals surface area contributed by atoms with Crippen LogP contribution in [0.25, 0.3) is 11.3 Å². The summed E-state index contributed by atoms with van der Waals surface area (Å²) in [4.78, 5) is 26.2. The van der Waals surface area contributed by atoms with Gasteiger partial charge in [0.1, 0.15) is 5.92 Å². The van der Waals surface area contributed by atoms with Gasteiger partial charge >= 0.3 is 0 Å². The lowest BCUT2D eigenvalue weighted by Crippen LogP contribution is -2.18. The minimum absolute atomic E-state index is 0.136. The molecule has 0 radical (unpaired) electrons. The van der Waals surface area contributed by atoms with Gasteiger partial charge in [-0.15, -0.1) is 11.3 Å². The van der Waals surface area contributed by atoms with E-state index in [-0.39, 0.29) is 12.2 Å². The number of ether oxygens (including phenoxy) is 1. The predicted molar refractivity (Wildman–Crippen MR) is 81.6 cm³/mol. The Kier molecular flexibility index (Phi) is 3.95. The molecule has 1 saturated carbocycles. The Morgan fingerprint density at radius 1 is 1.57 bits per heavy atom. The lowest BCUT2D eigenvalue weighted by Gasteiger charge is -2.03. The monoisotopic (exact) mass is 337 g/mol. The van der Waals surface area contributed by atoms with Crippen molar-refractivity contribution in [2.24, 2.45) is 5.92 Å². The molecule has 1 heterocycles. The number of benzene rings is 1. The van der Waals surface area contributed by atoms with Gasteiger partial charge in [-0.3, -0.25) is 14.9 Å². The first-order chi connectivity index (χ1) is 11.0. The van der Waals surface area contributed by atoms with Crippen molar-refractivity contribution in [2.45, 2.75) is 12.5 Å². The van der Waals surface area contributed by atoms with Gasteiger partial charge in [0, 0.05) is 22.3 Å². The number of aromatic nitrogens is 1. The molecule has 3 rings (SSSR count). The quantitative estimate of drug-likeness (QED) is 0.668. The Morgan fingerprint density at radius 3 is 2.96 bits per heavy atom. The second-order valence-electron chi connectivity index (χ2n) is 5.07. The highest BCUT2D eigenvalue weighted by Crippen LogP contribution is 2.35. The van der Waals surface area contributed by atoms with Crippen LogP contribution in [0.3, 0.4) is 0 Å². The molecule has 2 aromatic rings. The smallest absolute Gasteiger partial charge is 0.236 e. The van der Waals surface area contributed by atoms with Crippen LogP contribution in [0.1, 0.15) is 6.42 Å². The maximum atomic E-state index is 13.7. The second kappa shape index (κ2) is 5.92. The Morgan fingerprint density at radius 2 is 2.35 bits per heavy atom. The summed E-state index contributed by atoms with van der Waals surface area (Å²) >= 11 is 1.18. The van der Waals surface area contributed by atoms with E-state index in [9.17, 15) is 19.3 Å². The van der Waals surface area contributed by atoms with Crippen LogP contribution in [0.15, 0.2) is 23.6 Å². The van der Waals surface area contributed by atoms with E-state index in [2.05, 4.69) is 10.3 Å². The van der Waals surface area contributed by atoms with Crippen molar-refractivity contribution < 1.29 is 18.8 Å². The standard InChI is InChI=1S/C14H12FN3O4S/c1-22-12-3-2-7(4-9(12)15)10-6-23-14(16-10)17-13(19)8-5-11(8)18(20)21/h2-4,6,8,11H,5H2,1H3,(H,16,17,19)/t8-,11-/m1/s1. The number of anilines is 1. The van der Waals surface area contributed by atoms with Gasteiger partial charge in [0.2, 0.25) is 11.9 Å². The van der Waals surface area contributed by atoms with Crippen LogP contribution >= 0.6 is 11.3 Å². The fraction of sp³-hybridized carbons (Fsp3) is 0.286. The molecule has 7 nitrogen and oxygen atoms in total. The molecule has 2 atom stereocenters. The average Bonchev–Trinajstić information content (AvgIpc) is 3.21. The molecule has 0 unspecified atom stereocenters. The highest BCUT2D eigenvalue weighted by molar-refractivity contribution is 7.14.